The number of carbonyl (C=O) groups excluding carboxylic acids is 1. The van der Waals surface area contributed by atoms with Gasteiger partial charge in [0.2, 0.25) is 5.91 Å². The van der Waals surface area contributed by atoms with E-state index < -0.39 is 11.9 Å². The first-order chi connectivity index (χ1) is 7.04. The topological polar surface area (TPSA) is 105 Å². The summed E-state index contributed by atoms with van der Waals surface area (Å²) >= 11 is 5.64. The summed E-state index contributed by atoms with van der Waals surface area (Å²) in [6.07, 6.45) is 1.31. The van der Waals surface area contributed by atoms with Gasteiger partial charge in [-0.1, -0.05) is 11.6 Å². The van der Waals surface area contributed by atoms with Crippen molar-refractivity contribution >= 4 is 23.3 Å². The molecule has 7 heteroatoms. The number of nitriles is 1. The number of amides is 1. The van der Waals surface area contributed by atoms with Crippen molar-refractivity contribution in [2.75, 3.05) is 5.32 Å². The van der Waals surface area contributed by atoms with E-state index in [-0.39, 0.29) is 10.8 Å². The van der Waals surface area contributed by atoms with Crippen LogP contribution < -0.4 is 11.1 Å². The molecular weight excluding hydrogens is 218 g/mol. The number of halogens is 1. The van der Waals surface area contributed by atoms with Gasteiger partial charge in [-0.3, -0.25) is 4.79 Å². The van der Waals surface area contributed by atoms with Crippen LogP contribution in [0.1, 0.15) is 12.6 Å². The molecule has 0 aliphatic carbocycles. The number of nitrogens with two attached hydrogens (primary N) is 1. The molecule has 1 aromatic rings. The van der Waals surface area contributed by atoms with Crippen LogP contribution in [0.25, 0.3) is 0 Å². The Morgan fingerprint density at radius 3 is 2.93 bits per heavy atom. The van der Waals surface area contributed by atoms with E-state index in [2.05, 4.69) is 15.3 Å². The van der Waals surface area contributed by atoms with Crippen molar-refractivity contribution in [2.24, 2.45) is 5.73 Å². The second kappa shape index (κ2) is 4.57. The molecule has 1 heterocycles. The maximum atomic E-state index is 10.7. The fourth-order valence-corrected chi connectivity index (χ4v) is 0.986. The number of rotatable bonds is 3. The standard InChI is InChI=1S/C8H8ClN5O/c1-4(8(11)15)13-6-3-12-5(2-10)7(9)14-6/h3-4H,1H3,(H2,11,15)(H,13,14)/t4-/m1/s1. The van der Waals surface area contributed by atoms with Crippen molar-refractivity contribution in [2.45, 2.75) is 13.0 Å². The van der Waals surface area contributed by atoms with Crippen LogP contribution in [-0.4, -0.2) is 21.9 Å². The molecule has 0 aliphatic rings. The summed E-state index contributed by atoms with van der Waals surface area (Å²) in [6.45, 7) is 1.58. The zero-order valence-electron chi connectivity index (χ0n) is 7.86. The minimum atomic E-state index is -0.580. The number of carbonyl (C=O) groups is 1. The van der Waals surface area contributed by atoms with Gasteiger partial charge in [0.05, 0.1) is 6.20 Å². The third-order valence-electron chi connectivity index (χ3n) is 1.63. The summed E-state index contributed by atoms with van der Waals surface area (Å²) < 4.78 is 0. The van der Waals surface area contributed by atoms with Crippen LogP contribution in [0.15, 0.2) is 6.20 Å². The smallest absolute Gasteiger partial charge is 0.239 e. The van der Waals surface area contributed by atoms with Crippen LogP contribution in [0.3, 0.4) is 0 Å². The van der Waals surface area contributed by atoms with Crippen LogP contribution in [0, 0.1) is 11.3 Å². The van der Waals surface area contributed by atoms with Crippen molar-refractivity contribution in [1.82, 2.24) is 9.97 Å². The lowest BCUT2D eigenvalue weighted by Crippen LogP contribution is -2.32. The van der Waals surface area contributed by atoms with Crippen molar-refractivity contribution in [3.8, 4) is 6.07 Å². The average molecular weight is 226 g/mol. The Morgan fingerprint density at radius 2 is 2.47 bits per heavy atom. The molecule has 0 saturated heterocycles. The minimum Gasteiger partial charge on any atom is -0.368 e. The number of hydrogen-bond acceptors (Lipinski definition) is 5. The van der Waals surface area contributed by atoms with Gasteiger partial charge in [-0.2, -0.15) is 5.26 Å². The highest BCUT2D eigenvalue weighted by atomic mass is 35.5. The lowest BCUT2D eigenvalue weighted by atomic mass is 10.3. The summed E-state index contributed by atoms with van der Waals surface area (Å²) in [7, 11) is 0. The number of hydrogen-bond donors (Lipinski definition) is 2. The first kappa shape index (κ1) is 11.2. The monoisotopic (exact) mass is 225 g/mol. The summed E-state index contributed by atoms with van der Waals surface area (Å²) in [5.41, 5.74) is 5.08. The highest BCUT2D eigenvalue weighted by Crippen LogP contribution is 2.12. The second-order valence-electron chi connectivity index (χ2n) is 2.77. The Labute approximate surface area is 91.1 Å². The van der Waals surface area contributed by atoms with Gasteiger partial charge in [0.1, 0.15) is 17.9 Å². The van der Waals surface area contributed by atoms with Gasteiger partial charge in [-0.15, -0.1) is 0 Å². The zero-order valence-corrected chi connectivity index (χ0v) is 8.62. The molecule has 3 N–H and O–H groups in total. The first-order valence-corrected chi connectivity index (χ1v) is 4.41. The molecular formula is C8H8ClN5O. The highest BCUT2D eigenvalue weighted by molar-refractivity contribution is 6.30. The molecule has 6 nitrogen and oxygen atoms in total. The average Bonchev–Trinajstić information content (AvgIpc) is 2.18. The Kier molecular flexibility index (Phi) is 3.42. The van der Waals surface area contributed by atoms with E-state index in [9.17, 15) is 4.79 Å². The van der Waals surface area contributed by atoms with Crippen molar-refractivity contribution < 1.29 is 4.79 Å². The van der Waals surface area contributed by atoms with E-state index in [1.54, 1.807) is 13.0 Å². The summed E-state index contributed by atoms with van der Waals surface area (Å²) in [5, 5.41) is 11.2. The lowest BCUT2D eigenvalue weighted by Gasteiger charge is -2.10. The predicted molar refractivity (Wildman–Crippen MR) is 54.0 cm³/mol. The fourth-order valence-electron chi connectivity index (χ4n) is 0.804. The Balaban J connectivity index is 2.85. The Bertz CT molecular complexity index is 428. The van der Waals surface area contributed by atoms with E-state index in [4.69, 9.17) is 22.6 Å². The van der Waals surface area contributed by atoms with Crippen molar-refractivity contribution in [1.29, 1.82) is 5.26 Å². The molecule has 0 aromatic carbocycles. The molecule has 78 valence electrons. The van der Waals surface area contributed by atoms with Gasteiger partial charge >= 0.3 is 0 Å². The number of primary amides is 1. The molecule has 0 unspecified atom stereocenters. The molecule has 15 heavy (non-hydrogen) atoms. The fraction of sp³-hybridized carbons (Fsp3) is 0.250. The molecule has 1 atom stereocenters. The van der Waals surface area contributed by atoms with E-state index in [0.29, 0.717) is 5.82 Å². The lowest BCUT2D eigenvalue weighted by molar-refractivity contribution is -0.118. The van der Waals surface area contributed by atoms with E-state index >= 15 is 0 Å². The minimum absolute atomic E-state index is 0.0147. The third-order valence-corrected chi connectivity index (χ3v) is 1.89. The van der Waals surface area contributed by atoms with Crippen LogP contribution in [-0.2, 0) is 4.79 Å². The first-order valence-electron chi connectivity index (χ1n) is 4.03. The molecule has 0 aliphatic heterocycles. The number of aromatic nitrogens is 2. The maximum Gasteiger partial charge on any atom is 0.239 e. The molecule has 0 saturated carbocycles. The largest absolute Gasteiger partial charge is 0.368 e. The SMILES string of the molecule is C[C@@H](Nc1cnc(C#N)c(Cl)n1)C(N)=O. The summed E-state index contributed by atoms with van der Waals surface area (Å²) in [4.78, 5) is 18.3. The van der Waals surface area contributed by atoms with Gasteiger partial charge in [-0.25, -0.2) is 9.97 Å². The highest BCUT2D eigenvalue weighted by Gasteiger charge is 2.10. The van der Waals surface area contributed by atoms with Gasteiger partial charge in [0.15, 0.2) is 10.8 Å². The second-order valence-corrected chi connectivity index (χ2v) is 3.13. The number of nitrogens with zero attached hydrogens (tertiary/aromatic N) is 3. The van der Waals surface area contributed by atoms with E-state index in [1.807, 2.05) is 0 Å². The third kappa shape index (κ3) is 2.79. The molecule has 1 aromatic heterocycles. The Hall–Kier alpha value is -1.87. The molecule has 0 radical (unpaired) electrons. The summed E-state index contributed by atoms with van der Waals surface area (Å²) in [5.74, 6) is -0.220. The molecule has 0 fully saturated rings. The van der Waals surface area contributed by atoms with E-state index in [1.165, 1.54) is 6.20 Å². The number of nitrogens with one attached hydrogen (secondary N) is 1. The molecule has 0 spiro atoms. The Morgan fingerprint density at radius 1 is 1.80 bits per heavy atom. The molecule has 0 bridgehead atoms. The summed E-state index contributed by atoms with van der Waals surface area (Å²) in [6, 6.07) is 1.19. The number of anilines is 1. The zero-order chi connectivity index (χ0) is 11.4. The van der Waals surface area contributed by atoms with Gasteiger partial charge in [-0.05, 0) is 6.92 Å². The van der Waals surface area contributed by atoms with Crippen LogP contribution >= 0.6 is 11.6 Å². The van der Waals surface area contributed by atoms with Gasteiger partial charge < -0.3 is 11.1 Å². The maximum absolute atomic E-state index is 10.7. The molecule has 1 rings (SSSR count). The van der Waals surface area contributed by atoms with Crippen LogP contribution in [0.5, 0.6) is 0 Å². The van der Waals surface area contributed by atoms with Crippen molar-refractivity contribution in [3.05, 3.63) is 17.0 Å². The quantitative estimate of drug-likeness (QED) is 0.769. The van der Waals surface area contributed by atoms with E-state index in [0.717, 1.165) is 0 Å². The van der Waals surface area contributed by atoms with Crippen LogP contribution in [0.4, 0.5) is 5.82 Å². The van der Waals surface area contributed by atoms with Gasteiger partial charge in [0.25, 0.3) is 0 Å². The van der Waals surface area contributed by atoms with Crippen LogP contribution in [0.2, 0.25) is 5.15 Å². The predicted octanol–water partition coefficient (Wildman–Crippen LogP) is 0.287. The molecule has 1 amide bonds. The van der Waals surface area contributed by atoms with Crippen molar-refractivity contribution in [3.63, 3.8) is 0 Å². The van der Waals surface area contributed by atoms with Gasteiger partial charge in [0, 0.05) is 0 Å². The normalized spacial score (nSPS) is 11.5.